The number of hydrogen-bond acceptors (Lipinski definition) is 4. The van der Waals surface area contributed by atoms with Crippen LogP contribution in [-0.2, 0) is 24.3 Å². The minimum Gasteiger partial charge on any atom is -0.495 e. The van der Waals surface area contributed by atoms with E-state index in [1.54, 1.807) is 7.11 Å². The molecule has 2 aliphatic heterocycles. The molecule has 4 aromatic rings. The predicted octanol–water partition coefficient (Wildman–Crippen LogP) is 5.68. The molecular weight excluding hydrogens is 536 g/mol. The van der Waals surface area contributed by atoms with Gasteiger partial charge in [-0.3, -0.25) is 9.59 Å². The third-order valence-corrected chi connectivity index (χ3v) is 8.56. The average Bonchev–Trinajstić information content (AvgIpc) is 3.53. The van der Waals surface area contributed by atoms with Crippen molar-refractivity contribution in [1.82, 2.24) is 14.8 Å². The second kappa shape index (κ2) is 12.0. The molecule has 0 unspecified atom stereocenters. The molecule has 1 saturated heterocycles. The summed E-state index contributed by atoms with van der Waals surface area (Å²) in [6.07, 6.45) is 5.38. The number of rotatable bonds is 9. The summed E-state index contributed by atoms with van der Waals surface area (Å²) in [4.78, 5) is 30.5. The maximum Gasteiger partial charge on any atom is 0.253 e. The first-order valence-electron chi connectivity index (χ1n) is 14.3. The van der Waals surface area contributed by atoms with E-state index in [2.05, 4.69) is 26.9 Å². The van der Waals surface area contributed by atoms with Crippen LogP contribution < -0.4 is 15.0 Å². The van der Waals surface area contributed by atoms with Crippen molar-refractivity contribution < 1.29 is 14.3 Å². The number of para-hydroxylation sites is 2. The zero-order valence-corrected chi connectivity index (χ0v) is 24.1. The van der Waals surface area contributed by atoms with Crippen LogP contribution in [0.5, 0.6) is 5.75 Å². The molecule has 0 atom stereocenters. The van der Waals surface area contributed by atoms with Crippen molar-refractivity contribution in [2.75, 3.05) is 31.6 Å². The number of nitrogens with zero attached hydrogens (tertiary/aromatic N) is 3. The van der Waals surface area contributed by atoms with Gasteiger partial charge in [-0.2, -0.15) is 0 Å². The van der Waals surface area contributed by atoms with Gasteiger partial charge >= 0.3 is 0 Å². The van der Waals surface area contributed by atoms with Crippen LogP contribution in [0.1, 0.15) is 40.7 Å². The molecule has 0 aliphatic carbocycles. The van der Waals surface area contributed by atoms with E-state index in [9.17, 15) is 9.59 Å². The molecule has 0 spiro atoms. The summed E-state index contributed by atoms with van der Waals surface area (Å²) in [5, 5.41) is 4.57. The minimum absolute atomic E-state index is 0.123. The van der Waals surface area contributed by atoms with Gasteiger partial charge in [-0.1, -0.05) is 54.1 Å². The second-order valence-electron chi connectivity index (χ2n) is 10.9. The van der Waals surface area contributed by atoms with Gasteiger partial charge in [-0.05, 0) is 61.2 Å². The number of ether oxygens (including phenoxy) is 1. The van der Waals surface area contributed by atoms with Crippen LogP contribution in [0.3, 0.4) is 0 Å². The molecule has 0 saturated carbocycles. The van der Waals surface area contributed by atoms with Crippen molar-refractivity contribution in [1.29, 1.82) is 0 Å². The second-order valence-corrected chi connectivity index (χ2v) is 11.3. The predicted molar refractivity (Wildman–Crippen MR) is 163 cm³/mol. The normalized spacial score (nSPS) is 15.9. The monoisotopic (exact) mass is 570 g/mol. The molecule has 212 valence electrons. The van der Waals surface area contributed by atoms with Crippen molar-refractivity contribution in [2.45, 2.75) is 44.8 Å². The van der Waals surface area contributed by atoms with Crippen molar-refractivity contribution in [3.8, 4) is 5.75 Å². The van der Waals surface area contributed by atoms with Crippen LogP contribution in [0.4, 0.5) is 5.69 Å². The van der Waals surface area contributed by atoms with E-state index < -0.39 is 0 Å². The Labute approximate surface area is 245 Å². The molecule has 1 N–H and O–H groups in total. The first-order valence-corrected chi connectivity index (χ1v) is 14.7. The minimum atomic E-state index is -0.123. The number of halogens is 1. The highest BCUT2D eigenvalue weighted by Gasteiger charge is 2.34. The maximum atomic E-state index is 13.3. The van der Waals surface area contributed by atoms with Crippen molar-refractivity contribution >= 4 is 40.0 Å². The summed E-state index contributed by atoms with van der Waals surface area (Å²) in [6.45, 7) is 4.09. The number of aromatic nitrogens is 1. The van der Waals surface area contributed by atoms with Crippen molar-refractivity contribution in [3.05, 3.63) is 94.6 Å². The molecule has 1 aromatic heterocycles. The van der Waals surface area contributed by atoms with Crippen molar-refractivity contribution in [2.24, 2.45) is 0 Å². The van der Waals surface area contributed by atoms with E-state index in [1.807, 2.05) is 65.7 Å². The van der Waals surface area contributed by atoms with E-state index in [0.29, 0.717) is 23.6 Å². The Hall–Kier alpha value is -3.81. The van der Waals surface area contributed by atoms with E-state index >= 15 is 0 Å². The fourth-order valence-corrected chi connectivity index (χ4v) is 6.53. The summed E-state index contributed by atoms with van der Waals surface area (Å²) >= 11 is 6.11. The smallest absolute Gasteiger partial charge is 0.253 e. The lowest BCUT2D eigenvalue weighted by Crippen LogP contribution is -2.46. The van der Waals surface area contributed by atoms with Crippen LogP contribution >= 0.6 is 11.6 Å². The quantitative estimate of drug-likeness (QED) is 0.281. The number of amides is 2. The van der Waals surface area contributed by atoms with Crippen LogP contribution in [0.15, 0.2) is 72.9 Å². The SMILES string of the molecule is COc1cccc2c(C(=O)NCc3cccc(Cl)c3)cn(CCCN3CCC(N4C(=O)Cc5ccccc54)CC3)c12. The number of piperidine rings is 1. The van der Waals surface area contributed by atoms with E-state index in [0.717, 1.165) is 78.9 Å². The zero-order chi connectivity index (χ0) is 28.3. The van der Waals surface area contributed by atoms with Gasteiger partial charge in [0.1, 0.15) is 5.75 Å². The molecule has 8 heteroatoms. The molecule has 2 amide bonds. The summed E-state index contributed by atoms with van der Waals surface area (Å²) in [5.74, 6) is 0.861. The van der Waals surface area contributed by atoms with Crippen LogP contribution in [-0.4, -0.2) is 54.1 Å². The molecule has 6 rings (SSSR count). The fourth-order valence-electron chi connectivity index (χ4n) is 6.32. The maximum absolute atomic E-state index is 13.3. The fraction of sp³-hybridized carbons (Fsp3) is 0.333. The Balaban J connectivity index is 1.09. The number of hydrogen-bond donors (Lipinski definition) is 1. The summed E-state index contributed by atoms with van der Waals surface area (Å²) in [5.41, 5.74) is 4.77. The van der Waals surface area contributed by atoms with E-state index in [1.165, 1.54) is 0 Å². The number of aryl methyl sites for hydroxylation is 1. The van der Waals surface area contributed by atoms with Crippen LogP contribution in [0.2, 0.25) is 5.02 Å². The lowest BCUT2D eigenvalue weighted by molar-refractivity contribution is -0.118. The Kier molecular flexibility index (Phi) is 7.99. The average molecular weight is 571 g/mol. The third kappa shape index (κ3) is 5.69. The number of fused-ring (bicyclic) bond motifs is 2. The topological polar surface area (TPSA) is 66.8 Å². The van der Waals surface area contributed by atoms with Gasteiger partial charge in [0.15, 0.2) is 0 Å². The number of likely N-dealkylation sites (tertiary alicyclic amines) is 1. The number of nitrogens with one attached hydrogen (secondary N) is 1. The number of carbonyl (C=O) groups excluding carboxylic acids is 2. The largest absolute Gasteiger partial charge is 0.495 e. The summed E-state index contributed by atoms with van der Waals surface area (Å²) in [7, 11) is 1.67. The molecular formula is C33H35ClN4O3. The number of carbonyl (C=O) groups is 2. The highest BCUT2D eigenvalue weighted by Crippen LogP contribution is 2.34. The molecule has 0 bridgehead atoms. The lowest BCUT2D eigenvalue weighted by Gasteiger charge is -2.37. The lowest BCUT2D eigenvalue weighted by atomic mass is 10.0. The molecule has 7 nitrogen and oxygen atoms in total. The van der Waals surface area contributed by atoms with Gasteiger partial charge in [0, 0.05) is 54.5 Å². The van der Waals surface area contributed by atoms with Gasteiger partial charge < -0.3 is 24.4 Å². The summed E-state index contributed by atoms with van der Waals surface area (Å²) in [6, 6.07) is 21.8. The Morgan fingerprint density at radius 1 is 1.02 bits per heavy atom. The molecule has 41 heavy (non-hydrogen) atoms. The van der Waals surface area contributed by atoms with Gasteiger partial charge in [0.05, 0.1) is 24.6 Å². The molecule has 3 aromatic carbocycles. The van der Waals surface area contributed by atoms with Gasteiger partial charge in [-0.25, -0.2) is 0 Å². The number of benzene rings is 3. The first-order chi connectivity index (χ1) is 20.0. The zero-order valence-electron chi connectivity index (χ0n) is 23.3. The van der Waals surface area contributed by atoms with Gasteiger partial charge in [0.25, 0.3) is 5.91 Å². The van der Waals surface area contributed by atoms with E-state index in [-0.39, 0.29) is 17.9 Å². The van der Waals surface area contributed by atoms with Gasteiger partial charge in [-0.15, -0.1) is 0 Å². The standard InChI is InChI=1S/C33H35ClN4O3/c1-41-30-12-5-10-27-28(33(40)35-21-23-7-4-9-25(34)19-23)22-37(32(27)30)16-6-15-36-17-13-26(14-18-36)38-29-11-3-2-8-24(29)20-31(38)39/h2-5,7-12,19,22,26H,6,13-18,20-21H2,1H3,(H,35,40). The highest BCUT2D eigenvalue weighted by atomic mass is 35.5. The molecule has 2 aliphatic rings. The number of anilines is 1. The Morgan fingerprint density at radius 2 is 1.83 bits per heavy atom. The van der Waals surface area contributed by atoms with Crippen LogP contribution in [0, 0.1) is 0 Å². The van der Waals surface area contributed by atoms with Crippen molar-refractivity contribution in [3.63, 3.8) is 0 Å². The Morgan fingerprint density at radius 3 is 2.63 bits per heavy atom. The highest BCUT2D eigenvalue weighted by molar-refractivity contribution is 6.30. The molecule has 3 heterocycles. The van der Waals surface area contributed by atoms with Gasteiger partial charge in [0.2, 0.25) is 5.91 Å². The van der Waals surface area contributed by atoms with E-state index in [4.69, 9.17) is 16.3 Å². The molecule has 1 fully saturated rings. The third-order valence-electron chi connectivity index (χ3n) is 8.33. The molecule has 0 radical (unpaired) electrons. The Bertz CT molecular complexity index is 1570. The summed E-state index contributed by atoms with van der Waals surface area (Å²) < 4.78 is 7.83. The number of methoxy groups -OCH3 is 1. The first kappa shape index (κ1) is 27.4. The van der Waals surface area contributed by atoms with Crippen LogP contribution in [0.25, 0.3) is 10.9 Å².